The number of nitrogens with zero attached hydrogens (tertiary/aromatic N) is 4. The van der Waals surface area contributed by atoms with Crippen molar-refractivity contribution in [3.05, 3.63) is 58.8 Å². The molecule has 0 amide bonds. The van der Waals surface area contributed by atoms with E-state index >= 15 is 0 Å². The standard InChI is InChI=1S/C23H29N5O2/c1-15-21(18(4)29)16(2)24-22(15)23(30)17(3)27-11-9-26(10-12-27)13-19-14-28-8-6-5-7-20(28)25-19/h5-8,14,17,24H,9-13H2,1-4H3/t17-/m0/s1. The van der Waals surface area contributed by atoms with E-state index < -0.39 is 0 Å². The molecule has 0 bridgehead atoms. The van der Waals surface area contributed by atoms with Crippen molar-refractivity contribution >= 4 is 17.2 Å². The van der Waals surface area contributed by atoms with Crippen molar-refractivity contribution in [3.63, 3.8) is 0 Å². The minimum atomic E-state index is -0.223. The Morgan fingerprint density at radius 3 is 2.53 bits per heavy atom. The Bertz CT molecular complexity index is 1060. The summed E-state index contributed by atoms with van der Waals surface area (Å²) in [6.45, 7) is 11.5. The van der Waals surface area contributed by atoms with Crippen molar-refractivity contribution in [1.29, 1.82) is 0 Å². The topological polar surface area (TPSA) is 73.7 Å². The van der Waals surface area contributed by atoms with Gasteiger partial charge in [-0.1, -0.05) is 6.07 Å². The minimum absolute atomic E-state index is 0.00601. The number of aryl methyl sites for hydroxylation is 1. The van der Waals surface area contributed by atoms with Gasteiger partial charge in [-0.25, -0.2) is 4.98 Å². The van der Waals surface area contributed by atoms with Gasteiger partial charge in [0, 0.05) is 56.4 Å². The van der Waals surface area contributed by atoms with Crippen molar-refractivity contribution in [3.8, 4) is 0 Å². The first kappa shape index (κ1) is 20.5. The molecular weight excluding hydrogens is 378 g/mol. The zero-order valence-electron chi connectivity index (χ0n) is 18.1. The lowest BCUT2D eigenvalue weighted by atomic mass is 10.0. The SMILES string of the molecule is CC(=O)c1c(C)[nH]c(C(=O)[C@H](C)N2CCN(Cc3cn4ccccc4n3)CC2)c1C. The van der Waals surface area contributed by atoms with Crippen LogP contribution in [0.2, 0.25) is 0 Å². The van der Waals surface area contributed by atoms with Crippen LogP contribution in [0.5, 0.6) is 0 Å². The molecule has 158 valence electrons. The molecular formula is C23H29N5O2. The molecule has 0 spiro atoms. The third kappa shape index (κ3) is 3.82. The Balaban J connectivity index is 1.38. The van der Waals surface area contributed by atoms with Gasteiger partial charge < -0.3 is 9.38 Å². The van der Waals surface area contributed by atoms with Gasteiger partial charge in [0.2, 0.25) is 0 Å². The number of aromatic nitrogens is 3. The molecule has 0 saturated carbocycles. The summed E-state index contributed by atoms with van der Waals surface area (Å²) in [4.78, 5) is 37.4. The lowest BCUT2D eigenvalue weighted by molar-refractivity contribution is 0.0681. The summed E-state index contributed by atoms with van der Waals surface area (Å²) in [7, 11) is 0. The summed E-state index contributed by atoms with van der Waals surface area (Å²) >= 11 is 0. The highest BCUT2D eigenvalue weighted by atomic mass is 16.1. The van der Waals surface area contributed by atoms with Gasteiger partial charge in [-0.15, -0.1) is 0 Å². The molecule has 0 aliphatic carbocycles. The quantitative estimate of drug-likeness (QED) is 0.636. The van der Waals surface area contributed by atoms with Crippen molar-refractivity contribution < 1.29 is 9.59 Å². The van der Waals surface area contributed by atoms with Crippen LogP contribution >= 0.6 is 0 Å². The summed E-state index contributed by atoms with van der Waals surface area (Å²) in [5.74, 6) is 0.0467. The zero-order valence-corrected chi connectivity index (χ0v) is 18.1. The lowest BCUT2D eigenvalue weighted by Crippen LogP contribution is -2.51. The third-order valence-corrected chi connectivity index (χ3v) is 6.17. The van der Waals surface area contributed by atoms with Crippen LogP contribution in [0.15, 0.2) is 30.6 Å². The first-order chi connectivity index (χ1) is 14.3. The highest BCUT2D eigenvalue weighted by molar-refractivity contribution is 6.05. The fourth-order valence-electron chi connectivity index (χ4n) is 4.50. The van der Waals surface area contributed by atoms with Crippen LogP contribution in [0.25, 0.3) is 5.65 Å². The summed E-state index contributed by atoms with van der Waals surface area (Å²) in [5, 5.41) is 0. The average molecular weight is 408 g/mol. The van der Waals surface area contributed by atoms with Gasteiger partial charge in [0.25, 0.3) is 0 Å². The first-order valence-corrected chi connectivity index (χ1v) is 10.5. The Morgan fingerprint density at radius 2 is 1.90 bits per heavy atom. The van der Waals surface area contributed by atoms with Crippen molar-refractivity contribution in [2.75, 3.05) is 26.2 Å². The van der Waals surface area contributed by atoms with Crippen molar-refractivity contribution in [2.24, 2.45) is 0 Å². The number of carbonyl (C=O) groups is 2. The highest BCUT2D eigenvalue weighted by Crippen LogP contribution is 2.21. The molecule has 0 unspecified atom stereocenters. The van der Waals surface area contributed by atoms with Gasteiger partial charge in [0.05, 0.1) is 17.4 Å². The molecule has 1 aliphatic rings. The molecule has 1 aliphatic heterocycles. The number of hydrogen-bond acceptors (Lipinski definition) is 5. The predicted molar refractivity (Wildman–Crippen MR) is 116 cm³/mol. The Kier molecular flexibility index (Phi) is 5.58. The number of hydrogen-bond donors (Lipinski definition) is 1. The fourth-order valence-corrected chi connectivity index (χ4v) is 4.50. The van der Waals surface area contributed by atoms with Crippen molar-refractivity contribution in [1.82, 2.24) is 24.2 Å². The molecule has 1 atom stereocenters. The largest absolute Gasteiger partial charge is 0.355 e. The fraction of sp³-hybridized carbons (Fsp3) is 0.435. The number of aromatic amines is 1. The third-order valence-electron chi connectivity index (χ3n) is 6.17. The second-order valence-electron chi connectivity index (χ2n) is 8.23. The van der Waals surface area contributed by atoms with Crippen LogP contribution in [0.3, 0.4) is 0 Å². The smallest absolute Gasteiger partial charge is 0.196 e. The van der Waals surface area contributed by atoms with Gasteiger partial charge in [-0.05, 0) is 45.4 Å². The molecule has 1 N–H and O–H groups in total. The van der Waals surface area contributed by atoms with E-state index in [1.807, 2.05) is 49.6 Å². The maximum atomic E-state index is 13.1. The molecule has 0 aromatic carbocycles. The molecule has 7 nitrogen and oxygen atoms in total. The number of H-pyrrole nitrogens is 1. The van der Waals surface area contributed by atoms with Crippen molar-refractivity contribution in [2.45, 2.75) is 40.3 Å². The molecule has 4 heterocycles. The van der Waals surface area contributed by atoms with Gasteiger partial charge in [0.1, 0.15) is 5.65 Å². The van der Waals surface area contributed by atoms with Crippen LogP contribution in [0.1, 0.15) is 51.6 Å². The van der Waals surface area contributed by atoms with E-state index in [1.165, 1.54) is 0 Å². The maximum Gasteiger partial charge on any atom is 0.196 e. The minimum Gasteiger partial charge on any atom is -0.355 e. The lowest BCUT2D eigenvalue weighted by Gasteiger charge is -2.37. The van der Waals surface area contributed by atoms with Gasteiger partial charge in [0.15, 0.2) is 11.6 Å². The number of pyridine rings is 1. The number of fused-ring (bicyclic) bond motifs is 1. The van der Waals surface area contributed by atoms with E-state index in [4.69, 9.17) is 0 Å². The Morgan fingerprint density at radius 1 is 1.17 bits per heavy atom. The zero-order chi connectivity index (χ0) is 21.4. The second kappa shape index (κ2) is 8.16. The number of imidazole rings is 1. The highest BCUT2D eigenvalue weighted by Gasteiger charge is 2.29. The number of Topliss-reactive ketones (excluding diaryl/α,β-unsaturated/α-hetero) is 2. The average Bonchev–Trinajstić information content (AvgIpc) is 3.26. The Labute approximate surface area is 176 Å². The molecule has 4 rings (SSSR count). The van der Waals surface area contributed by atoms with E-state index in [0.29, 0.717) is 11.3 Å². The van der Waals surface area contributed by atoms with Crippen LogP contribution in [0, 0.1) is 13.8 Å². The van der Waals surface area contributed by atoms with E-state index in [2.05, 4.69) is 26.0 Å². The van der Waals surface area contributed by atoms with E-state index in [9.17, 15) is 9.59 Å². The van der Waals surface area contributed by atoms with Gasteiger partial charge in [-0.3, -0.25) is 19.4 Å². The monoisotopic (exact) mass is 407 g/mol. The van der Waals surface area contributed by atoms with E-state index in [-0.39, 0.29) is 17.6 Å². The molecule has 30 heavy (non-hydrogen) atoms. The number of nitrogens with one attached hydrogen (secondary N) is 1. The summed E-state index contributed by atoms with van der Waals surface area (Å²) < 4.78 is 2.04. The predicted octanol–water partition coefficient (Wildman–Crippen LogP) is 2.87. The van der Waals surface area contributed by atoms with Crippen LogP contribution < -0.4 is 0 Å². The maximum absolute atomic E-state index is 13.1. The van der Waals surface area contributed by atoms with Crippen LogP contribution in [-0.2, 0) is 6.54 Å². The summed E-state index contributed by atoms with van der Waals surface area (Å²) in [5.41, 5.74) is 4.77. The number of ketones is 2. The molecule has 0 radical (unpaired) electrons. The van der Waals surface area contributed by atoms with Gasteiger partial charge >= 0.3 is 0 Å². The molecule has 1 fully saturated rings. The summed E-state index contributed by atoms with van der Waals surface area (Å²) in [6.07, 6.45) is 4.09. The summed E-state index contributed by atoms with van der Waals surface area (Å²) in [6, 6.07) is 5.79. The molecule has 3 aromatic heterocycles. The molecule has 3 aromatic rings. The molecule has 7 heteroatoms. The number of rotatable bonds is 6. The number of piperazine rings is 1. The number of carbonyl (C=O) groups excluding carboxylic acids is 2. The Hall–Kier alpha value is -2.77. The first-order valence-electron chi connectivity index (χ1n) is 10.5. The van der Waals surface area contributed by atoms with Gasteiger partial charge in [-0.2, -0.15) is 0 Å². The van der Waals surface area contributed by atoms with E-state index in [1.54, 1.807) is 6.92 Å². The van der Waals surface area contributed by atoms with Crippen LogP contribution in [0.4, 0.5) is 0 Å². The second-order valence-corrected chi connectivity index (χ2v) is 8.23. The van der Waals surface area contributed by atoms with E-state index in [0.717, 1.165) is 55.3 Å². The molecule has 1 saturated heterocycles. The van der Waals surface area contributed by atoms with Crippen LogP contribution in [-0.4, -0.2) is 68.0 Å². The normalized spacial score (nSPS) is 16.8.